The Hall–Kier alpha value is -2.73. The van der Waals surface area contributed by atoms with Crippen LogP contribution in [-0.2, 0) is 11.3 Å². The molecule has 1 heterocycles. The Morgan fingerprint density at radius 1 is 1.00 bits per heavy atom. The van der Waals surface area contributed by atoms with Gasteiger partial charge in [-0.25, -0.2) is 0 Å². The largest absolute Gasteiger partial charge is 0.454 e. The Balaban J connectivity index is 1.49. The number of hydrogen-bond acceptors (Lipinski definition) is 3. The van der Waals surface area contributed by atoms with Crippen molar-refractivity contribution in [3.05, 3.63) is 71.3 Å². The van der Waals surface area contributed by atoms with E-state index in [1.807, 2.05) is 30.3 Å². The fraction of sp³-hybridized carbons (Fsp3) is 0.238. The molecule has 27 heavy (non-hydrogen) atoms. The molecule has 1 aliphatic carbocycles. The van der Waals surface area contributed by atoms with E-state index < -0.39 is 11.7 Å². The standard InChI is InChI=1S/C21H17F3O3/c22-21(23,24)18-9-15(7-4-8-25-12-14-5-2-1-3-6-14)16-10-19-20(11-17(16)18)27-13-26-19/h1-3,5-7,9-11H,4,8,12-13H2. The van der Waals surface area contributed by atoms with E-state index in [-0.39, 0.29) is 12.4 Å². The zero-order valence-corrected chi connectivity index (χ0v) is 14.4. The third kappa shape index (κ3) is 3.71. The summed E-state index contributed by atoms with van der Waals surface area (Å²) >= 11 is 0. The number of ether oxygens (including phenoxy) is 3. The molecule has 0 radical (unpaired) electrons. The van der Waals surface area contributed by atoms with Gasteiger partial charge in [0, 0.05) is 0 Å². The topological polar surface area (TPSA) is 27.7 Å². The van der Waals surface area contributed by atoms with Crippen LogP contribution in [0.3, 0.4) is 0 Å². The monoisotopic (exact) mass is 374 g/mol. The molecule has 0 unspecified atom stereocenters. The van der Waals surface area contributed by atoms with Gasteiger partial charge >= 0.3 is 6.18 Å². The molecule has 0 aromatic heterocycles. The Morgan fingerprint density at radius 2 is 1.70 bits per heavy atom. The molecule has 0 bridgehead atoms. The van der Waals surface area contributed by atoms with Crippen LogP contribution in [0.5, 0.6) is 11.5 Å². The van der Waals surface area contributed by atoms with Crippen molar-refractivity contribution in [1.29, 1.82) is 0 Å². The van der Waals surface area contributed by atoms with E-state index in [0.717, 1.165) is 5.56 Å². The second kappa shape index (κ2) is 7.12. The van der Waals surface area contributed by atoms with Crippen molar-refractivity contribution in [3.8, 4) is 11.5 Å². The first kappa shape index (κ1) is 17.7. The van der Waals surface area contributed by atoms with E-state index in [1.165, 1.54) is 12.1 Å². The van der Waals surface area contributed by atoms with E-state index >= 15 is 0 Å². The zero-order valence-electron chi connectivity index (χ0n) is 14.4. The molecule has 2 aromatic rings. The van der Waals surface area contributed by atoms with Crippen molar-refractivity contribution in [2.75, 3.05) is 13.4 Å². The number of halogens is 3. The van der Waals surface area contributed by atoms with Gasteiger partial charge in [-0.2, -0.15) is 13.2 Å². The zero-order chi connectivity index (χ0) is 18.9. The smallest absolute Gasteiger partial charge is 0.417 e. The summed E-state index contributed by atoms with van der Waals surface area (Å²) in [5.41, 5.74) is 1.56. The quantitative estimate of drug-likeness (QED) is 0.659. The van der Waals surface area contributed by atoms with Gasteiger partial charge in [0.05, 0.1) is 18.8 Å². The van der Waals surface area contributed by atoms with Crippen LogP contribution < -0.4 is 9.47 Å². The number of alkyl halides is 3. The molecule has 140 valence electrons. The van der Waals surface area contributed by atoms with Crippen molar-refractivity contribution >= 4 is 11.1 Å². The average Bonchev–Trinajstić information content (AvgIpc) is 3.24. The summed E-state index contributed by atoms with van der Waals surface area (Å²) in [6.45, 7) is 0.923. The molecule has 0 amide bonds. The van der Waals surface area contributed by atoms with Gasteiger partial charge in [-0.1, -0.05) is 36.4 Å². The van der Waals surface area contributed by atoms with Gasteiger partial charge in [0.2, 0.25) is 6.79 Å². The summed E-state index contributed by atoms with van der Waals surface area (Å²) in [5, 5.41) is 0. The predicted molar refractivity (Wildman–Crippen MR) is 95.3 cm³/mol. The maximum Gasteiger partial charge on any atom is 0.417 e. The van der Waals surface area contributed by atoms with Crippen LogP contribution in [0.1, 0.15) is 23.1 Å². The van der Waals surface area contributed by atoms with Crippen LogP contribution in [0, 0.1) is 0 Å². The van der Waals surface area contributed by atoms with Gasteiger partial charge in [0.25, 0.3) is 0 Å². The van der Waals surface area contributed by atoms with Crippen molar-refractivity contribution < 1.29 is 27.4 Å². The van der Waals surface area contributed by atoms with E-state index in [0.29, 0.717) is 42.3 Å². The highest BCUT2D eigenvalue weighted by atomic mass is 19.4. The fourth-order valence-electron chi connectivity index (χ4n) is 3.18. The van der Waals surface area contributed by atoms with Gasteiger partial charge < -0.3 is 14.2 Å². The molecule has 6 heteroatoms. The van der Waals surface area contributed by atoms with Crippen molar-refractivity contribution in [1.82, 2.24) is 0 Å². The molecule has 3 nitrogen and oxygen atoms in total. The van der Waals surface area contributed by atoms with Gasteiger partial charge in [0.1, 0.15) is 0 Å². The molecule has 0 fully saturated rings. The summed E-state index contributed by atoms with van der Waals surface area (Å²) < 4.78 is 56.3. The molecule has 0 saturated carbocycles. The molecular weight excluding hydrogens is 357 g/mol. The second-order valence-corrected chi connectivity index (χ2v) is 6.29. The summed E-state index contributed by atoms with van der Waals surface area (Å²) in [6.07, 6.45) is -0.971. The number of rotatable bonds is 5. The summed E-state index contributed by atoms with van der Waals surface area (Å²) in [4.78, 5) is 0. The highest BCUT2D eigenvalue weighted by Gasteiger charge is 2.40. The fourth-order valence-corrected chi connectivity index (χ4v) is 3.18. The van der Waals surface area contributed by atoms with Gasteiger partial charge in [-0.3, -0.25) is 0 Å². The molecular formula is C21H17F3O3. The number of allylic oxidation sites excluding steroid dienone is 3. The lowest BCUT2D eigenvalue weighted by molar-refractivity contribution is -0.0687. The van der Waals surface area contributed by atoms with Gasteiger partial charge in [0.15, 0.2) is 11.5 Å². The first-order valence-electron chi connectivity index (χ1n) is 8.57. The molecule has 0 saturated heterocycles. The first-order valence-corrected chi connectivity index (χ1v) is 8.57. The lowest BCUT2D eigenvalue weighted by Crippen LogP contribution is -2.09. The Bertz CT molecular complexity index is 899. The van der Waals surface area contributed by atoms with E-state index in [4.69, 9.17) is 14.2 Å². The molecule has 0 atom stereocenters. The predicted octanol–water partition coefficient (Wildman–Crippen LogP) is 5.36. The van der Waals surface area contributed by atoms with Crippen LogP contribution >= 0.6 is 0 Å². The van der Waals surface area contributed by atoms with E-state index in [9.17, 15) is 13.2 Å². The third-order valence-electron chi connectivity index (χ3n) is 4.46. The maximum absolute atomic E-state index is 13.4. The van der Waals surface area contributed by atoms with Crippen LogP contribution in [0.4, 0.5) is 13.2 Å². The molecule has 2 aliphatic rings. The number of fused-ring (bicyclic) bond motifs is 2. The molecule has 1 aliphatic heterocycles. The number of hydrogen-bond donors (Lipinski definition) is 0. The Kier molecular flexibility index (Phi) is 4.66. The van der Waals surface area contributed by atoms with Crippen LogP contribution in [-0.4, -0.2) is 19.6 Å². The highest BCUT2D eigenvalue weighted by molar-refractivity contribution is 5.98. The lowest BCUT2D eigenvalue weighted by Gasteiger charge is -2.10. The van der Waals surface area contributed by atoms with Gasteiger partial charge in [-0.05, 0) is 46.9 Å². The highest BCUT2D eigenvalue weighted by Crippen LogP contribution is 2.48. The van der Waals surface area contributed by atoms with Crippen LogP contribution in [0.15, 0.2) is 54.6 Å². The minimum absolute atomic E-state index is 0.0235. The Morgan fingerprint density at radius 3 is 2.41 bits per heavy atom. The summed E-state index contributed by atoms with van der Waals surface area (Å²) in [5.74, 6) is 0.813. The van der Waals surface area contributed by atoms with Crippen molar-refractivity contribution in [3.63, 3.8) is 0 Å². The molecule has 2 aromatic carbocycles. The van der Waals surface area contributed by atoms with Crippen molar-refractivity contribution in [2.24, 2.45) is 0 Å². The van der Waals surface area contributed by atoms with Crippen molar-refractivity contribution in [2.45, 2.75) is 19.2 Å². The lowest BCUT2D eigenvalue weighted by atomic mass is 10.0. The van der Waals surface area contributed by atoms with Gasteiger partial charge in [-0.15, -0.1) is 0 Å². The average molecular weight is 374 g/mol. The summed E-state index contributed by atoms with van der Waals surface area (Å²) in [7, 11) is 0. The number of benzene rings is 2. The molecule has 4 rings (SSSR count). The molecule has 0 N–H and O–H groups in total. The minimum atomic E-state index is -4.43. The normalized spacial score (nSPS) is 16.6. The first-order chi connectivity index (χ1) is 13.0. The van der Waals surface area contributed by atoms with Crippen LogP contribution in [0.25, 0.3) is 11.1 Å². The van der Waals surface area contributed by atoms with Crippen LogP contribution in [0.2, 0.25) is 0 Å². The molecule has 0 spiro atoms. The summed E-state index contributed by atoms with van der Waals surface area (Å²) in [6, 6.07) is 12.8. The van der Waals surface area contributed by atoms with E-state index in [1.54, 1.807) is 12.1 Å². The Labute approximate surface area is 154 Å². The SMILES string of the molecule is FC(F)(F)C1=CC(=CCCOCc2ccccc2)c2cc3c(cc21)OCO3. The van der Waals surface area contributed by atoms with E-state index in [2.05, 4.69) is 0 Å². The third-order valence-corrected chi connectivity index (χ3v) is 4.46. The minimum Gasteiger partial charge on any atom is -0.454 e. The maximum atomic E-state index is 13.4. The second-order valence-electron chi connectivity index (χ2n) is 6.29.